The smallest absolute Gasteiger partial charge is 0.321 e. The van der Waals surface area contributed by atoms with Crippen LogP contribution in [-0.2, 0) is 26.2 Å². The zero-order valence-corrected chi connectivity index (χ0v) is 10.9. The Kier molecular flexibility index (Phi) is 4.83. The van der Waals surface area contributed by atoms with Crippen molar-refractivity contribution >= 4 is 16.0 Å². The number of methoxy groups -OCH3 is 1. The number of carboxylic acids is 1. The van der Waals surface area contributed by atoms with E-state index >= 15 is 0 Å². The standard InChI is InChI=1S/C11H15NO5S/c1-8(11(13)14)12-18(15,16)10-6-4-3-5-9(10)7-17-2/h3-6,8,12H,7H2,1-2H3,(H,13,14)/t8-/m0/s1. The summed E-state index contributed by atoms with van der Waals surface area (Å²) in [5.41, 5.74) is 0.477. The van der Waals surface area contributed by atoms with Crippen LogP contribution < -0.4 is 4.72 Å². The average molecular weight is 273 g/mol. The molecule has 0 saturated carbocycles. The first-order valence-corrected chi connectivity index (χ1v) is 6.69. The number of benzene rings is 1. The van der Waals surface area contributed by atoms with Crippen LogP contribution in [0.1, 0.15) is 12.5 Å². The van der Waals surface area contributed by atoms with Gasteiger partial charge in [-0.15, -0.1) is 0 Å². The van der Waals surface area contributed by atoms with Crippen molar-refractivity contribution in [2.45, 2.75) is 24.5 Å². The molecule has 0 bridgehead atoms. The van der Waals surface area contributed by atoms with E-state index in [1.165, 1.54) is 20.1 Å². The molecule has 1 aromatic rings. The predicted octanol–water partition coefficient (Wildman–Crippen LogP) is 0.584. The number of carboxylic acid groups (broad SMARTS) is 1. The van der Waals surface area contributed by atoms with Crippen molar-refractivity contribution in [1.29, 1.82) is 0 Å². The minimum absolute atomic E-state index is 0.0277. The van der Waals surface area contributed by atoms with Crippen LogP contribution in [0.3, 0.4) is 0 Å². The van der Waals surface area contributed by atoms with Crippen LogP contribution in [0.15, 0.2) is 29.2 Å². The average Bonchev–Trinajstić information content (AvgIpc) is 2.29. The molecule has 1 atom stereocenters. The van der Waals surface area contributed by atoms with Gasteiger partial charge < -0.3 is 9.84 Å². The van der Waals surface area contributed by atoms with Gasteiger partial charge in [0.25, 0.3) is 0 Å². The van der Waals surface area contributed by atoms with Crippen molar-refractivity contribution in [2.75, 3.05) is 7.11 Å². The Labute approximate surface area is 106 Å². The van der Waals surface area contributed by atoms with E-state index in [1.54, 1.807) is 18.2 Å². The maximum Gasteiger partial charge on any atom is 0.321 e. The first kappa shape index (κ1) is 14.6. The third-order valence-corrected chi connectivity index (χ3v) is 3.91. The van der Waals surface area contributed by atoms with Crippen molar-refractivity contribution in [3.8, 4) is 0 Å². The van der Waals surface area contributed by atoms with Crippen molar-refractivity contribution in [3.05, 3.63) is 29.8 Å². The fourth-order valence-corrected chi connectivity index (χ4v) is 2.81. The number of rotatable bonds is 6. The summed E-state index contributed by atoms with van der Waals surface area (Å²) in [7, 11) is -2.41. The van der Waals surface area contributed by atoms with E-state index < -0.39 is 22.0 Å². The fourth-order valence-electron chi connectivity index (χ4n) is 1.39. The molecule has 0 radical (unpaired) electrons. The summed E-state index contributed by atoms with van der Waals surface area (Å²) in [6, 6.07) is 5.09. The molecule has 1 aromatic carbocycles. The fraction of sp³-hybridized carbons (Fsp3) is 0.364. The lowest BCUT2D eigenvalue weighted by Gasteiger charge is -2.13. The highest BCUT2D eigenvalue weighted by Crippen LogP contribution is 2.16. The topological polar surface area (TPSA) is 92.7 Å². The molecule has 0 heterocycles. The van der Waals surface area contributed by atoms with Crippen molar-refractivity contribution in [1.82, 2.24) is 4.72 Å². The molecule has 0 spiro atoms. The second kappa shape index (κ2) is 5.94. The van der Waals surface area contributed by atoms with E-state index in [0.29, 0.717) is 5.56 Å². The van der Waals surface area contributed by atoms with Gasteiger partial charge in [-0.25, -0.2) is 8.42 Å². The minimum Gasteiger partial charge on any atom is -0.480 e. The van der Waals surface area contributed by atoms with Crippen LogP contribution >= 0.6 is 0 Å². The number of carbonyl (C=O) groups is 1. The van der Waals surface area contributed by atoms with Crippen LogP contribution in [0.5, 0.6) is 0 Å². The second-order valence-electron chi connectivity index (χ2n) is 3.72. The van der Waals surface area contributed by atoms with Crippen LogP contribution in [-0.4, -0.2) is 32.6 Å². The monoisotopic (exact) mass is 273 g/mol. The molecule has 1 rings (SSSR count). The van der Waals surface area contributed by atoms with E-state index in [-0.39, 0.29) is 11.5 Å². The Morgan fingerprint density at radius 3 is 2.61 bits per heavy atom. The molecular weight excluding hydrogens is 258 g/mol. The highest BCUT2D eigenvalue weighted by atomic mass is 32.2. The molecule has 100 valence electrons. The van der Waals surface area contributed by atoms with Crippen LogP contribution in [0.25, 0.3) is 0 Å². The first-order valence-electron chi connectivity index (χ1n) is 5.20. The SMILES string of the molecule is COCc1ccccc1S(=O)(=O)N[C@@H](C)C(=O)O. The van der Waals surface area contributed by atoms with E-state index in [0.717, 1.165) is 0 Å². The van der Waals surface area contributed by atoms with Gasteiger partial charge in [0.2, 0.25) is 10.0 Å². The molecule has 0 fully saturated rings. The van der Waals surface area contributed by atoms with Gasteiger partial charge in [0.15, 0.2) is 0 Å². The maximum absolute atomic E-state index is 12.0. The van der Waals surface area contributed by atoms with Crippen molar-refractivity contribution in [2.24, 2.45) is 0 Å². The lowest BCUT2D eigenvalue weighted by molar-refractivity contribution is -0.138. The Bertz CT molecular complexity index is 526. The molecule has 2 N–H and O–H groups in total. The van der Waals surface area contributed by atoms with E-state index in [2.05, 4.69) is 4.72 Å². The van der Waals surface area contributed by atoms with Crippen LogP contribution in [0.4, 0.5) is 0 Å². The van der Waals surface area contributed by atoms with Gasteiger partial charge in [-0.2, -0.15) is 4.72 Å². The Balaban J connectivity index is 3.08. The second-order valence-corrected chi connectivity index (χ2v) is 5.40. The molecular formula is C11H15NO5S. The van der Waals surface area contributed by atoms with Gasteiger partial charge in [-0.3, -0.25) is 4.79 Å². The van der Waals surface area contributed by atoms with Crippen LogP contribution in [0.2, 0.25) is 0 Å². The molecule has 0 aliphatic heterocycles. The molecule has 0 unspecified atom stereocenters. The Hall–Kier alpha value is -1.44. The number of hydrogen-bond donors (Lipinski definition) is 2. The van der Waals surface area contributed by atoms with E-state index in [1.807, 2.05) is 0 Å². The van der Waals surface area contributed by atoms with Crippen LogP contribution in [0, 0.1) is 0 Å². The van der Waals surface area contributed by atoms with Crippen molar-refractivity contribution < 1.29 is 23.1 Å². The Morgan fingerprint density at radius 1 is 1.44 bits per heavy atom. The normalized spacial score (nSPS) is 13.2. The largest absolute Gasteiger partial charge is 0.480 e. The summed E-state index contributed by atoms with van der Waals surface area (Å²) in [5, 5.41) is 8.71. The first-order chi connectivity index (χ1) is 8.38. The van der Waals surface area contributed by atoms with E-state index in [4.69, 9.17) is 9.84 Å². The summed E-state index contributed by atoms with van der Waals surface area (Å²) in [5.74, 6) is -1.23. The molecule has 0 aliphatic rings. The minimum atomic E-state index is -3.87. The number of ether oxygens (including phenoxy) is 1. The van der Waals surface area contributed by atoms with Gasteiger partial charge in [0.1, 0.15) is 6.04 Å². The molecule has 0 aromatic heterocycles. The summed E-state index contributed by atoms with van der Waals surface area (Å²) in [6.07, 6.45) is 0. The number of hydrogen-bond acceptors (Lipinski definition) is 4. The molecule has 0 amide bonds. The third-order valence-electron chi connectivity index (χ3n) is 2.26. The zero-order chi connectivity index (χ0) is 13.8. The summed E-state index contributed by atoms with van der Waals surface area (Å²) in [4.78, 5) is 10.7. The number of nitrogens with one attached hydrogen (secondary N) is 1. The summed E-state index contributed by atoms with van der Waals surface area (Å²) >= 11 is 0. The zero-order valence-electron chi connectivity index (χ0n) is 10.1. The predicted molar refractivity (Wildman–Crippen MR) is 64.6 cm³/mol. The van der Waals surface area contributed by atoms with Gasteiger partial charge in [-0.1, -0.05) is 18.2 Å². The summed E-state index contributed by atoms with van der Waals surface area (Å²) < 4.78 is 31.0. The molecule has 0 saturated heterocycles. The third kappa shape index (κ3) is 3.52. The van der Waals surface area contributed by atoms with Gasteiger partial charge in [0.05, 0.1) is 11.5 Å². The van der Waals surface area contributed by atoms with Gasteiger partial charge in [-0.05, 0) is 18.6 Å². The highest BCUT2D eigenvalue weighted by Gasteiger charge is 2.23. The van der Waals surface area contributed by atoms with Crippen molar-refractivity contribution in [3.63, 3.8) is 0 Å². The maximum atomic E-state index is 12.0. The van der Waals surface area contributed by atoms with Gasteiger partial charge >= 0.3 is 5.97 Å². The van der Waals surface area contributed by atoms with Gasteiger partial charge in [0, 0.05) is 7.11 Å². The number of aliphatic carboxylic acids is 1. The molecule has 0 aliphatic carbocycles. The quantitative estimate of drug-likeness (QED) is 0.791. The molecule has 18 heavy (non-hydrogen) atoms. The lowest BCUT2D eigenvalue weighted by atomic mass is 10.2. The Morgan fingerprint density at radius 2 is 2.06 bits per heavy atom. The number of sulfonamides is 1. The molecule has 7 heteroatoms. The summed E-state index contributed by atoms with van der Waals surface area (Å²) in [6.45, 7) is 1.40. The van der Waals surface area contributed by atoms with E-state index in [9.17, 15) is 13.2 Å². The molecule has 6 nitrogen and oxygen atoms in total. The lowest BCUT2D eigenvalue weighted by Crippen LogP contribution is -2.38. The highest BCUT2D eigenvalue weighted by molar-refractivity contribution is 7.89.